The zero-order chi connectivity index (χ0) is 29.5. The Kier molecular flexibility index (Phi) is 9.68. The number of nitrogens with zero attached hydrogens (tertiary/aromatic N) is 2. The van der Waals surface area contributed by atoms with Gasteiger partial charge in [-0.15, -0.1) is 0 Å². The van der Waals surface area contributed by atoms with Crippen LogP contribution in [-0.2, 0) is 16.2 Å². The number of Topliss-reactive ketones (excluding diaryl/α,β-unsaturated/α-hetero) is 1. The van der Waals surface area contributed by atoms with Gasteiger partial charge in [-0.1, -0.05) is 36.4 Å². The molecule has 1 aliphatic heterocycles. The predicted octanol–water partition coefficient (Wildman–Crippen LogP) is 5.35. The standard InChI is InChI=1S/C33H38N2O6/c1-6-40-27-16-13-24(20-28(27)39-5)30-29(32(37)33(38)35(30)18-10-17-34(3)4)31(36)25-14-15-26(22(2)19-25)41-21-23-11-8-7-9-12-23/h7-9,11-16,19-20,30,36H,6,10,17-18,21H2,1-5H3/t30-/m1/s1. The van der Waals surface area contributed by atoms with Crippen molar-refractivity contribution >= 4 is 17.4 Å². The van der Waals surface area contributed by atoms with Crippen LogP contribution in [-0.4, -0.2) is 67.5 Å². The number of hydrogen-bond acceptors (Lipinski definition) is 7. The number of carbonyl (C=O) groups is 2. The third kappa shape index (κ3) is 6.72. The third-order valence-electron chi connectivity index (χ3n) is 7.03. The number of amides is 1. The van der Waals surface area contributed by atoms with E-state index in [-0.39, 0.29) is 11.3 Å². The highest BCUT2D eigenvalue weighted by molar-refractivity contribution is 6.46. The molecule has 216 valence electrons. The highest BCUT2D eigenvalue weighted by Crippen LogP contribution is 2.42. The van der Waals surface area contributed by atoms with Crippen molar-refractivity contribution in [2.24, 2.45) is 0 Å². The van der Waals surface area contributed by atoms with E-state index >= 15 is 0 Å². The average molecular weight is 559 g/mol. The number of ether oxygens (including phenoxy) is 3. The van der Waals surface area contributed by atoms with Gasteiger partial charge in [0.2, 0.25) is 0 Å². The number of benzene rings is 3. The molecule has 1 atom stereocenters. The van der Waals surface area contributed by atoms with Crippen LogP contribution in [0.5, 0.6) is 17.2 Å². The topological polar surface area (TPSA) is 88.5 Å². The summed E-state index contributed by atoms with van der Waals surface area (Å²) < 4.78 is 17.2. The van der Waals surface area contributed by atoms with Gasteiger partial charge in [0.25, 0.3) is 11.7 Å². The molecule has 1 amide bonds. The van der Waals surface area contributed by atoms with Crippen molar-refractivity contribution in [1.29, 1.82) is 0 Å². The SMILES string of the molecule is CCOc1ccc([C@@H]2C(=C(O)c3ccc(OCc4ccccc4)c(C)c3)C(=O)C(=O)N2CCCN(C)C)cc1OC. The van der Waals surface area contributed by atoms with Crippen molar-refractivity contribution in [1.82, 2.24) is 9.80 Å². The van der Waals surface area contributed by atoms with Crippen molar-refractivity contribution in [3.8, 4) is 17.2 Å². The zero-order valence-electron chi connectivity index (χ0n) is 24.3. The second-order valence-electron chi connectivity index (χ2n) is 10.2. The van der Waals surface area contributed by atoms with Crippen molar-refractivity contribution < 1.29 is 28.9 Å². The normalized spacial score (nSPS) is 16.3. The summed E-state index contributed by atoms with van der Waals surface area (Å²) in [5.41, 5.74) is 2.96. The number of aliphatic hydroxyl groups is 1. The fourth-order valence-electron chi connectivity index (χ4n) is 4.99. The van der Waals surface area contributed by atoms with E-state index in [2.05, 4.69) is 0 Å². The fourth-order valence-corrected chi connectivity index (χ4v) is 4.99. The molecule has 3 aromatic rings. The van der Waals surface area contributed by atoms with Crippen molar-refractivity contribution in [2.75, 3.05) is 40.9 Å². The summed E-state index contributed by atoms with van der Waals surface area (Å²) >= 11 is 0. The van der Waals surface area contributed by atoms with E-state index < -0.39 is 17.7 Å². The number of methoxy groups -OCH3 is 1. The lowest BCUT2D eigenvalue weighted by atomic mass is 9.94. The molecule has 1 N–H and O–H groups in total. The Balaban J connectivity index is 1.72. The van der Waals surface area contributed by atoms with Gasteiger partial charge in [0.05, 0.1) is 25.3 Å². The highest BCUT2D eigenvalue weighted by atomic mass is 16.5. The minimum absolute atomic E-state index is 0.0448. The summed E-state index contributed by atoms with van der Waals surface area (Å²) in [5, 5.41) is 11.5. The zero-order valence-corrected chi connectivity index (χ0v) is 24.3. The largest absolute Gasteiger partial charge is 0.507 e. The molecule has 0 spiro atoms. The van der Waals surface area contributed by atoms with Gasteiger partial charge >= 0.3 is 0 Å². The first-order valence-corrected chi connectivity index (χ1v) is 13.8. The molecule has 8 heteroatoms. The first kappa shape index (κ1) is 29.7. The minimum atomic E-state index is -0.781. The van der Waals surface area contributed by atoms with E-state index in [1.165, 1.54) is 4.90 Å². The molecule has 0 radical (unpaired) electrons. The number of rotatable bonds is 12. The Labute approximate surface area is 241 Å². The van der Waals surface area contributed by atoms with Crippen LogP contribution in [0.1, 0.15) is 41.6 Å². The van der Waals surface area contributed by atoms with E-state index in [0.717, 1.165) is 17.7 Å². The second-order valence-corrected chi connectivity index (χ2v) is 10.2. The quantitative estimate of drug-likeness (QED) is 0.182. The summed E-state index contributed by atoms with van der Waals surface area (Å²) in [4.78, 5) is 30.3. The Morgan fingerprint density at radius 3 is 2.34 bits per heavy atom. The summed E-state index contributed by atoms with van der Waals surface area (Å²) in [5.74, 6) is 0.135. The Morgan fingerprint density at radius 2 is 1.68 bits per heavy atom. The molecule has 1 saturated heterocycles. The first-order valence-electron chi connectivity index (χ1n) is 13.8. The molecule has 8 nitrogen and oxygen atoms in total. The molecule has 0 unspecified atom stereocenters. The predicted molar refractivity (Wildman–Crippen MR) is 158 cm³/mol. The van der Waals surface area contributed by atoms with Gasteiger partial charge in [0.1, 0.15) is 18.1 Å². The fraction of sp³-hybridized carbons (Fsp3) is 0.333. The smallest absolute Gasteiger partial charge is 0.295 e. The van der Waals surface area contributed by atoms with Crippen LogP contribution in [0.2, 0.25) is 0 Å². The Morgan fingerprint density at radius 1 is 0.951 bits per heavy atom. The highest BCUT2D eigenvalue weighted by Gasteiger charge is 2.46. The molecule has 1 heterocycles. The van der Waals surface area contributed by atoms with Gasteiger partial charge in [-0.05, 0) is 87.9 Å². The van der Waals surface area contributed by atoms with Crippen LogP contribution < -0.4 is 14.2 Å². The Bertz CT molecular complexity index is 1420. The molecular formula is C33H38N2O6. The molecule has 1 fully saturated rings. The summed E-state index contributed by atoms with van der Waals surface area (Å²) in [7, 11) is 5.46. The van der Waals surface area contributed by atoms with Gasteiger partial charge < -0.3 is 29.1 Å². The maximum absolute atomic E-state index is 13.4. The first-order chi connectivity index (χ1) is 19.7. The number of hydrogen-bond donors (Lipinski definition) is 1. The lowest BCUT2D eigenvalue weighted by Gasteiger charge is -2.26. The monoisotopic (exact) mass is 558 g/mol. The van der Waals surface area contributed by atoms with Gasteiger partial charge in [-0.25, -0.2) is 0 Å². The number of carbonyl (C=O) groups excluding carboxylic acids is 2. The number of likely N-dealkylation sites (tertiary alicyclic amines) is 1. The summed E-state index contributed by atoms with van der Waals surface area (Å²) in [6.45, 7) is 5.73. The van der Waals surface area contributed by atoms with Gasteiger partial charge in [-0.2, -0.15) is 0 Å². The molecule has 1 aliphatic rings. The molecular weight excluding hydrogens is 520 g/mol. The molecule has 0 aliphatic carbocycles. The maximum atomic E-state index is 13.4. The van der Waals surface area contributed by atoms with E-state index in [1.54, 1.807) is 37.4 Å². The third-order valence-corrected chi connectivity index (χ3v) is 7.03. The number of aryl methyl sites for hydroxylation is 1. The van der Waals surface area contributed by atoms with Gasteiger partial charge in [0.15, 0.2) is 11.5 Å². The lowest BCUT2D eigenvalue weighted by molar-refractivity contribution is -0.139. The average Bonchev–Trinajstić information content (AvgIpc) is 3.22. The van der Waals surface area contributed by atoms with Crippen LogP contribution in [0.25, 0.3) is 5.76 Å². The second kappa shape index (κ2) is 13.4. The molecule has 0 aromatic heterocycles. The van der Waals surface area contributed by atoms with Crippen LogP contribution in [0.3, 0.4) is 0 Å². The molecule has 3 aromatic carbocycles. The minimum Gasteiger partial charge on any atom is -0.507 e. The Hall–Kier alpha value is -4.30. The van der Waals surface area contributed by atoms with Crippen LogP contribution in [0.15, 0.2) is 72.3 Å². The summed E-state index contributed by atoms with van der Waals surface area (Å²) in [6, 6.07) is 19.6. The molecule has 0 bridgehead atoms. The number of aliphatic hydroxyl groups excluding tert-OH is 1. The maximum Gasteiger partial charge on any atom is 0.295 e. The van der Waals surface area contributed by atoms with E-state index in [4.69, 9.17) is 14.2 Å². The lowest BCUT2D eigenvalue weighted by Crippen LogP contribution is -2.32. The molecule has 4 rings (SSSR count). The molecule has 0 saturated carbocycles. The van der Waals surface area contributed by atoms with E-state index in [0.29, 0.717) is 54.6 Å². The number of ketones is 1. The molecule has 41 heavy (non-hydrogen) atoms. The van der Waals surface area contributed by atoms with Crippen molar-refractivity contribution in [3.05, 3.63) is 94.6 Å². The van der Waals surface area contributed by atoms with Crippen LogP contribution in [0, 0.1) is 6.92 Å². The van der Waals surface area contributed by atoms with E-state index in [1.807, 2.05) is 69.2 Å². The van der Waals surface area contributed by atoms with E-state index in [9.17, 15) is 14.7 Å². The van der Waals surface area contributed by atoms with Crippen molar-refractivity contribution in [3.63, 3.8) is 0 Å². The summed E-state index contributed by atoms with van der Waals surface area (Å²) in [6.07, 6.45) is 0.664. The van der Waals surface area contributed by atoms with Crippen molar-refractivity contribution in [2.45, 2.75) is 32.9 Å². The van der Waals surface area contributed by atoms with Crippen LogP contribution >= 0.6 is 0 Å². The van der Waals surface area contributed by atoms with Gasteiger partial charge in [0, 0.05) is 12.1 Å². The van der Waals surface area contributed by atoms with Crippen LogP contribution in [0.4, 0.5) is 0 Å². The van der Waals surface area contributed by atoms with Gasteiger partial charge in [-0.3, -0.25) is 9.59 Å².